The number of amides is 2. The molecule has 0 aliphatic carbocycles. The van der Waals surface area contributed by atoms with Gasteiger partial charge >= 0.3 is 0 Å². The number of sulfonamides is 1. The highest BCUT2D eigenvalue weighted by Crippen LogP contribution is 2.16. The first-order chi connectivity index (χ1) is 15.8. The minimum atomic E-state index is -3.82. The lowest BCUT2D eigenvalue weighted by molar-refractivity contribution is 0.0925. The number of halogens is 1. The predicted molar refractivity (Wildman–Crippen MR) is 123 cm³/mol. The van der Waals surface area contributed by atoms with Crippen LogP contribution in [0.25, 0.3) is 0 Å². The zero-order valence-electron chi connectivity index (χ0n) is 18.0. The molecule has 0 aliphatic rings. The number of hydrogen-bond acceptors (Lipinski definition) is 4. The Morgan fingerprint density at radius 2 is 1.42 bits per heavy atom. The first kappa shape index (κ1) is 24.1. The summed E-state index contributed by atoms with van der Waals surface area (Å²) < 4.78 is 41.5. The molecule has 0 spiro atoms. The number of carbonyl (C=O) groups excluding carboxylic acids is 2. The maximum atomic E-state index is 13.6. The van der Waals surface area contributed by atoms with Crippen molar-refractivity contribution in [3.63, 3.8) is 0 Å². The summed E-state index contributed by atoms with van der Waals surface area (Å²) >= 11 is 0. The molecular weight excluding hydrogens is 445 g/mol. The van der Waals surface area contributed by atoms with E-state index in [0.717, 1.165) is 5.56 Å². The minimum Gasteiger partial charge on any atom is -0.350 e. The fraction of sp³-hybridized carbons (Fsp3) is 0.167. The van der Waals surface area contributed by atoms with Gasteiger partial charge in [0.25, 0.3) is 11.8 Å². The molecule has 172 valence electrons. The third kappa shape index (κ3) is 6.47. The van der Waals surface area contributed by atoms with E-state index in [1.54, 1.807) is 19.1 Å². The van der Waals surface area contributed by atoms with Crippen molar-refractivity contribution in [1.82, 2.24) is 15.4 Å². The Kier molecular flexibility index (Phi) is 7.92. The molecule has 3 N–H and O–H groups in total. The lowest BCUT2D eigenvalue weighted by atomic mass is 10.1. The van der Waals surface area contributed by atoms with Gasteiger partial charge < -0.3 is 10.6 Å². The molecule has 0 heterocycles. The second kappa shape index (κ2) is 10.8. The minimum absolute atomic E-state index is 0.0259. The van der Waals surface area contributed by atoms with Crippen LogP contribution in [-0.4, -0.2) is 33.3 Å². The van der Waals surface area contributed by atoms with Gasteiger partial charge in [0, 0.05) is 25.2 Å². The van der Waals surface area contributed by atoms with Crippen LogP contribution in [0.3, 0.4) is 0 Å². The maximum absolute atomic E-state index is 13.6. The summed E-state index contributed by atoms with van der Waals surface area (Å²) in [5.74, 6) is -1.70. The van der Waals surface area contributed by atoms with Crippen molar-refractivity contribution in [3.8, 4) is 0 Å². The SMILES string of the molecule is Cc1ccc(S(=O)(=O)NCc2ccccc2)cc1C(=O)NCCNC(=O)c1ccccc1F. The lowest BCUT2D eigenvalue weighted by Gasteiger charge is -2.12. The Morgan fingerprint density at radius 3 is 2.09 bits per heavy atom. The highest BCUT2D eigenvalue weighted by molar-refractivity contribution is 7.89. The largest absolute Gasteiger partial charge is 0.350 e. The first-order valence-electron chi connectivity index (χ1n) is 10.2. The Hall–Kier alpha value is -3.56. The molecular formula is C24H24FN3O4S. The average Bonchev–Trinajstić information content (AvgIpc) is 2.81. The Labute approximate surface area is 192 Å². The van der Waals surface area contributed by atoms with E-state index in [9.17, 15) is 22.4 Å². The van der Waals surface area contributed by atoms with Crippen molar-refractivity contribution in [2.24, 2.45) is 0 Å². The van der Waals surface area contributed by atoms with E-state index in [2.05, 4.69) is 15.4 Å². The summed E-state index contributed by atoms with van der Waals surface area (Å²) in [7, 11) is -3.82. The van der Waals surface area contributed by atoms with Crippen LogP contribution in [0.1, 0.15) is 31.8 Å². The van der Waals surface area contributed by atoms with Crippen LogP contribution in [0.2, 0.25) is 0 Å². The van der Waals surface area contributed by atoms with Crippen LogP contribution in [0, 0.1) is 12.7 Å². The van der Waals surface area contributed by atoms with Gasteiger partial charge in [-0.15, -0.1) is 0 Å². The van der Waals surface area contributed by atoms with Crippen LogP contribution >= 0.6 is 0 Å². The van der Waals surface area contributed by atoms with Gasteiger partial charge in [-0.05, 0) is 42.3 Å². The molecule has 9 heteroatoms. The molecule has 0 bridgehead atoms. The van der Waals surface area contributed by atoms with Crippen molar-refractivity contribution in [1.29, 1.82) is 0 Å². The van der Waals surface area contributed by atoms with E-state index in [0.29, 0.717) is 5.56 Å². The normalized spacial score (nSPS) is 11.1. The topological polar surface area (TPSA) is 104 Å². The number of hydrogen-bond donors (Lipinski definition) is 3. The summed E-state index contributed by atoms with van der Waals surface area (Å²) in [6.45, 7) is 1.99. The summed E-state index contributed by atoms with van der Waals surface area (Å²) in [5, 5.41) is 5.16. The average molecular weight is 470 g/mol. The van der Waals surface area contributed by atoms with Crippen molar-refractivity contribution >= 4 is 21.8 Å². The molecule has 0 atom stereocenters. The van der Waals surface area contributed by atoms with Crippen LogP contribution in [0.5, 0.6) is 0 Å². The Morgan fingerprint density at radius 1 is 0.818 bits per heavy atom. The van der Waals surface area contributed by atoms with E-state index in [-0.39, 0.29) is 35.7 Å². The molecule has 0 fully saturated rings. The fourth-order valence-electron chi connectivity index (χ4n) is 3.06. The van der Waals surface area contributed by atoms with Gasteiger partial charge in [0.15, 0.2) is 0 Å². The van der Waals surface area contributed by atoms with Gasteiger partial charge in [0.1, 0.15) is 5.82 Å². The molecule has 0 saturated heterocycles. The third-order valence-corrected chi connectivity index (χ3v) is 6.29. The van der Waals surface area contributed by atoms with Gasteiger partial charge in [-0.3, -0.25) is 9.59 Å². The van der Waals surface area contributed by atoms with Crippen molar-refractivity contribution in [2.75, 3.05) is 13.1 Å². The molecule has 0 radical (unpaired) electrons. The van der Waals surface area contributed by atoms with E-state index >= 15 is 0 Å². The zero-order valence-corrected chi connectivity index (χ0v) is 18.8. The molecule has 0 aromatic heterocycles. The lowest BCUT2D eigenvalue weighted by Crippen LogP contribution is -2.35. The molecule has 3 aromatic rings. The molecule has 3 rings (SSSR count). The van der Waals surface area contributed by atoms with Gasteiger partial charge in [0.05, 0.1) is 10.5 Å². The number of nitrogens with one attached hydrogen (secondary N) is 3. The quantitative estimate of drug-likeness (QED) is 0.419. The number of carbonyl (C=O) groups is 2. The second-order valence-electron chi connectivity index (χ2n) is 7.28. The van der Waals surface area contributed by atoms with Crippen LogP contribution < -0.4 is 15.4 Å². The highest BCUT2D eigenvalue weighted by atomic mass is 32.2. The molecule has 3 aromatic carbocycles. The zero-order chi connectivity index (χ0) is 23.8. The first-order valence-corrected chi connectivity index (χ1v) is 11.7. The molecule has 7 nitrogen and oxygen atoms in total. The summed E-state index contributed by atoms with van der Waals surface area (Å²) in [4.78, 5) is 24.6. The van der Waals surface area contributed by atoms with E-state index in [1.807, 2.05) is 30.3 Å². The Balaban J connectivity index is 1.58. The third-order valence-electron chi connectivity index (χ3n) is 4.89. The van der Waals surface area contributed by atoms with E-state index < -0.39 is 27.7 Å². The number of aryl methyl sites for hydroxylation is 1. The Bertz CT molecular complexity index is 1250. The fourth-order valence-corrected chi connectivity index (χ4v) is 4.10. The molecule has 33 heavy (non-hydrogen) atoms. The van der Waals surface area contributed by atoms with Crippen molar-refractivity contribution in [3.05, 3.63) is 101 Å². The van der Waals surface area contributed by atoms with Crippen molar-refractivity contribution in [2.45, 2.75) is 18.4 Å². The molecule has 0 saturated carbocycles. The van der Waals surface area contributed by atoms with Gasteiger partial charge in [-0.1, -0.05) is 48.5 Å². The monoisotopic (exact) mass is 469 g/mol. The number of rotatable bonds is 9. The second-order valence-corrected chi connectivity index (χ2v) is 9.05. The standard InChI is InChI=1S/C24H24FN3O4S/c1-17-11-12-19(33(31,32)28-16-18-7-3-2-4-8-18)15-21(17)24(30)27-14-13-26-23(29)20-9-5-6-10-22(20)25/h2-12,15,28H,13-14,16H2,1H3,(H,26,29)(H,27,30). The van der Waals surface area contributed by atoms with E-state index in [1.165, 1.54) is 30.3 Å². The van der Waals surface area contributed by atoms with Gasteiger partial charge in [0.2, 0.25) is 10.0 Å². The molecule has 2 amide bonds. The van der Waals surface area contributed by atoms with Crippen molar-refractivity contribution < 1.29 is 22.4 Å². The van der Waals surface area contributed by atoms with Crippen LogP contribution in [-0.2, 0) is 16.6 Å². The smallest absolute Gasteiger partial charge is 0.254 e. The van der Waals surface area contributed by atoms with Crippen LogP contribution in [0.15, 0.2) is 77.7 Å². The molecule has 0 aliphatic heterocycles. The van der Waals surface area contributed by atoms with Crippen LogP contribution in [0.4, 0.5) is 4.39 Å². The number of benzene rings is 3. The van der Waals surface area contributed by atoms with Gasteiger partial charge in [-0.2, -0.15) is 0 Å². The molecule has 0 unspecified atom stereocenters. The summed E-state index contributed by atoms with van der Waals surface area (Å²) in [6, 6.07) is 19.0. The predicted octanol–water partition coefficient (Wildman–Crippen LogP) is 2.77. The van der Waals surface area contributed by atoms with Gasteiger partial charge in [-0.25, -0.2) is 17.5 Å². The van der Waals surface area contributed by atoms with E-state index in [4.69, 9.17) is 0 Å². The summed E-state index contributed by atoms with van der Waals surface area (Å²) in [5.41, 5.74) is 1.53. The maximum Gasteiger partial charge on any atom is 0.254 e. The summed E-state index contributed by atoms with van der Waals surface area (Å²) in [6.07, 6.45) is 0. The highest BCUT2D eigenvalue weighted by Gasteiger charge is 2.18.